The van der Waals surface area contributed by atoms with Gasteiger partial charge >= 0.3 is 0 Å². The van der Waals surface area contributed by atoms with Gasteiger partial charge in [-0.2, -0.15) is 0 Å². The molecule has 1 aliphatic rings. The molecule has 6 nitrogen and oxygen atoms in total. The van der Waals surface area contributed by atoms with E-state index in [0.29, 0.717) is 23.0 Å². The first kappa shape index (κ1) is 16.5. The van der Waals surface area contributed by atoms with Gasteiger partial charge in [0.15, 0.2) is 5.75 Å². The fourth-order valence-electron chi connectivity index (χ4n) is 2.96. The van der Waals surface area contributed by atoms with Crippen LogP contribution in [0.15, 0.2) is 35.6 Å². The summed E-state index contributed by atoms with van der Waals surface area (Å²) in [7, 11) is 0. The van der Waals surface area contributed by atoms with E-state index in [2.05, 4.69) is 15.1 Å². The third kappa shape index (κ3) is 3.01. The number of halogens is 1. The van der Waals surface area contributed by atoms with Crippen LogP contribution in [0.4, 0.5) is 0 Å². The van der Waals surface area contributed by atoms with Crippen LogP contribution >= 0.6 is 11.6 Å². The molecule has 1 fully saturated rings. The van der Waals surface area contributed by atoms with Gasteiger partial charge in [-0.15, -0.1) is 4.91 Å². The molecule has 1 amide bonds. The highest BCUT2D eigenvalue weighted by Crippen LogP contribution is 2.55. The summed E-state index contributed by atoms with van der Waals surface area (Å²) >= 11 is 5.93. The number of carbonyl (C=O) groups excluding carboxylic acids is 1. The van der Waals surface area contributed by atoms with Crippen molar-refractivity contribution >= 4 is 17.5 Å². The molecule has 1 aromatic heterocycles. The Morgan fingerprint density at radius 1 is 1.38 bits per heavy atom. The molecule has 2 aromatic rings. The molecule has 2 atom stereocenters. The maximum Gasteiger partial charge on any atom is 0.290 e. The monoisotopic (exact) mass is 345 g/mol. The van der Waals surface area contributed by atoms with Crippen molar-refractivity contribution < 1.29 is 9.53 Å². The number of nitroso groups, excluding NO2 is 1. The van der Waals surface area contributed by atoms with Crippen LogP contribution in [-0.2, 0) is 10.2 Å². The number of nitrogens with zero attached hydrogens (tertiary/aromatic N) is 3. The van der Waals surface area contributed by atoms with Crippen molar-refractivity contribution in [1.82, 2.24) is 9.97 Å². The Morgan fingerprint density at radius 2 is 2.08 bits per heavy atom. The van der Waals surface area contributed by atoms with E-state index in [9.17, 15) is 9.70 Å². The fraction of sp³-hybridized carbons (Fsp3) is 0.353. The van der Waals surface area contributed by atoms with Gasteiger partial charge in [0, 0.05) is 15.6 Å². The third-order valence-corrected chi connectivity index (χ3v) is 4.67. The number of hydrogen-bond donors (Lipinski definition) is 0. The maximum absolute atomic E-state index is 11.8. The van der Waals surface area contributed by atoms with Crippen LogP contribution in [-0.4, -0.2) is 22.5 Å². The van der Waals surface area contributed by atoms with Gasteiger partial charge in [-0.25, -0.2) is 9.97 Å². The Morgan fingerprint density at radius 3 is 2.71 bits per heavy atom. The summed E-state index contributed by atoms with van der Waals surface area (Å²) in [6, 6.07) is 7.21. The molecule has 1 aliphatic carbocycles. The topological polar surface area (TPSA) is 81.5 Å². The molecule has 0 radical (unpaired) electrons. The van der Waals surface area contributed by atoms with Gasteiger partial charge in [0.1, 0.15) is 5.82 Å². The minimum absolute atomic E-state index is 0.244. The second-order valence-corrected chi connectivity index (χ2v) is 6.44. The minimum Gasteiger partial charge on any atom is -0.489 e. The molecule has 0 aliphatic heterocycles. The molecule has 7 heteroatoms. The summed E-state index contributed by atoms with van der Waals surface area (Å²) in [4.78, 5) is 30.8. The highest BCUT2D eigenvalue weighted by atomic mass is 35.5. The van der Waals surface area contributed by atoms with Crippen LogP contribution < -0.4 is 4.74 Å². The van der Waals surface area contributed by atoms with E-state index in [1.807, 2.05) is 19.1 Å². The van der Waals surface area contributed by atoms with Crippen molar-refractivity contribution in [3.63, 3.8) is 0 Å². The van der Waals surface area contributed by atoms with Crippen molar-refractivity contribution in [2.45, 2.75) is 25.7 Å². The summed E-state index contributed by atoms with van der Waals surface area (Å²) in [6.45, 7) is 3.88. The molecule has 124 valence electrons. The average Bonchev–Trinajstić information content (AvgIpc) is 3.30. The largest absolute Gasteiger partial charge is 0.489 e. The van der Waals surface area contributed by atoms with Crippen LogP contribution in [0, 0.1) is 24.7 Å². The molecular weight excluding hydrogens is 330 g/mol. The maximum atomic E-state index is 11.8. The Hall–Kier alpha value is -2.34. The summed E-state index contributed by atoms with van der Waals surface area (Å²) in [5, 5.41) is 3.18. The standard InChI is InChI=1S/C17H16ClN3O3/c1-10-15(8-19-11(2)20-10)24-9-17(7-14(17)16(22)21-23)12-3-5-13(18)6-4-12/h3-6,8,14H,7,9H2,1-2H3. The van der Waals surface area contributed by atoms with Crippen molar-refractivity contribution in [1.29, 1.82) is 0 Å². The molecule has 3 rings (SSSR count). The number of benzene rings is 1. The number of rotatable bonds is 5. The number of aryl methyl sites for hydroxylation is 2. The van der Waals surface area contributed by atoms with Gasteiger partial charge in [-0.3, -0.25) is 4.79 Å². The third-order valence-electron chi connectivity index (χ3n) is 4.42. The second-order valence-electron chi connectivity index (χ2n) is 6.00. The lowest BCUT2D eigenvalue weighted by molar-refractivity contribution is -0.119. The number of amides is 1. The van der Waals surface area contributed by atoms with Gasteiger partial charge in [-0.1, -0.05) is 23.7 Å². The zero-order valence-electron chi connectivity index (χ0n) is 13.3. The minimum atomic E-state index is -0.648. The van der Waals surface area contributed by atoms with E-state index in [4.69, 9.17) is 16.3 Å². The van der Waals surface area contributed by atoms with Gasteiger partial charge in [0.2, 0.25) is 0 Å². The van der Waals surface area contributed by atoms with E-state index >= 15 is 0 Å². The smallest absolute Gasteiger partial charge is 0.290 e. The molecular formula is C17H16ClN3O3. The fourth-order valence-corrected chi connectivity index (χ4v) is 3.08. The lowest BCUT2D eigenvalue weighted by Gasteiger charge is -2.19. The van der Waals surface area contributed by atoms with Crippen molar-refractivity contribution in [3.8, 4) is 5.75 Å². The van der Waals surface area contributed by atoms with Gasteiger partial charge in [-0.05, 0) is 38.0 Å². The quantitative estimate of drug-likeness (QED) is 0.776. The molecule has 0 spiro atoms. The van der Waals surface area contributed by atoms with Crippen molar-refractivity contribution in [3.05, 3.63) is 57.5 Å². The molecule has 0 saturated heterocycles. The van der Waals surface area contributed by atoms with E-state index in [1.54, 1.807) is 25.3 Å². The lowest BCUT2D eigenvalue weighted by atomic mass is 9.94. The van der Waals surface area contributed by atoms with Crippen molar-refractivity contribution in [2.24, 2.45) is 11.1 Å². The van der Waals surface area contributed by atoms with Gasteiger partial charge in [0.05, 0.1) is 24.4 Å². The molecule has 1 heterocycles. The van der Waals surface area contributed by atoms with E-state index in [1.165, 1.54) is 0 Å². The van der Waals surface area contributed by atoms with Crippen LogP contribution in [0.5, 0.6) is 5.75 Å². The normalized spacial score (nSPS) is 22.0. The SMILES string of the molecule is Cc1ncc(OCC2(c3ccc(Cl)cc3)CC2C(=O)N=O)c(C)n1. The molecule has 0 N–H and O–H groups in total. The van der Waals surface area contributed by atoms with Crippen LogP contribution in [0.2, 0.25) is 5.02 Å². The number of hydrogen-bond acceptors (Lipinski definition) is 5. The summed E-state index contributed by atoms with van der Waals surface area (Å²) in [6.07, 6.45) is 2.13. The predicted molar refractivity (Wildman–Crippen MR) is 89.0 cm³/mol. The lowest BCUT2D eigenvalue weighted by Crippen LogP contribution is -2.23. The molecule has 24 heavy (non-hydrogen) atoms. The average molecular weight is 346 g/mol. The summed E-state index contributed by atoms with van der Waals surface area (Å²) < 4.78 is 5.87. The first-order valence-corrected chi connectivity index (χ1v) is 7.90. The second kappa shape index (κ2) is 6.28. The number of aromatic nitrogens is 2. The van der Waals surface area contributed by atoms with Crippen molar-refractivity contribution in [2.75, 3.05) is 6.61 Å². The number of ether oxygens (including phenoxy) is 1. The predicted octanol–water partition coefficient (Wildman–Crippen LogP) is 3.38. The zero-order valence-corrected chi connectivity index (χ0v) is 14.1. The zero-order chi connectivity index (χ0) is 17.3. The molecule has 0 bridgehead atoms. The summed E-state index contributed by atoms with van der Waals surface area (Å²) in [5.41, 5.74) is 1.07. The van der Waals surface area contributed by atoms with Crippen LogP contribution in [0.1, 0.15) is 23.5 Å². The molecule has 1 saturated carbocycles. The van der Waals surface area contributed by atoms with Crippen LogP contribution in [0.3, 0.4) is 0 Å². The Bertz CT molecular complexity index is 794. The Kier molecular flexibility index (Phi) is 4.32. The van der Waals surface area contributed by atoms with Gasteiger partial charge in [0.25, 0.3) is 5.91 Å². The first-order chi connectivity index (χ1) is 11.5. The number of carbonyl (C=O) groups is 1. The van der Waals surface area contributed by atoms with E-state index in [-0.39, 0.29) is 6.61 Å². The summed E-state index contributed by atoms with van der Waals surface area (Å²) in [5.74, 6) is 0.108. The van der Waals surface area contributed by atoms with Gasteiger partial charge < -0.3 is 4.74 Å². The molecule has 1 aromatic carbocycles. The van der Waals surface area contributed by atoms with Crippen LogP contribution in [0.25, 0.3) is 0 Å². The Labute approximate surface area is 144 Å². The van der Waals surface area contributed by atoms with E-state index < -0.39 is 17.2 Å². The Balaban J connectivity index is 1.85. The highest BCUT2D eigenvalue weighted by Gasteiger charge is 2.60. The molecule has 2 unspecified atom stereocenters. The van der Waals surface area contributed by atoms with E-state index in [0.717, 1.165) is 11.3 Å². The highest BCUT2D eigenvalue weighted by molar-refractivity contribution is 6.30. The first-order valence-electron chi connectivity index (χ1n) is 7.52.